The summed E-state index contributed by atoms with van der Waals surface area (Å²) in [6.45, 7) is 2.12. The topological polar surface area (TPSA) is 55.4 Å². The molecule has 0 aromatic heterocycles. The molecule has 0 saturated carbocycles. The van der Waals surface area contributed by atoms with Gasteiger partial charge in [0.1, 0.15) is 5.38 Å². The van der Waals surface area contributed by atoms with Crippen molar-refractivity contribution >= 4 is 23.5 Å². The van der Waals surface area contributed by atoms with Gasteiger partial charge in [-0.1, -0.05) is 24.3 Å². The van der Waals surface area contributed by atoms with Crippen LogP contribution in [0.25, 0.3) is 0 Å². The van der Waals surface area contributed by atoms with Crippen molar-refractivity contribution in [1.29, 1.82) is 0 Å². The molecule has 0 aliphatic rings. The molecule has 0 heterocycles. The quantitative estimate of drug-likeness (QED) is 0.638. The Balaban J connectivity index is 2.47. The predicted octanol–water partition coefficient (Wildman–Crippen LogP) is 1.69. The van der Waals surface area contributed by atoms with Crippen LogP contribution in [0.15, 0.2) is 24.3 Å². The molecule has 104 valence electrons. The van der Waals surface area contributed by atoms with E-state index in [1.54, 1.807) is 0 Å². The van der Waals surface area contributed by atoms with Crippen LogP contribution in [0.3, 0.4) is 0 Å². The average Bonchev–Trinajstić information content (AvgIpc) is 2.39. The summed E-state index contributed by atoms with van der Waals surface area (Å²) in [6.07, 6.45) is 1.22. The minimum Gasteiger partial charge on any atom is -0.468 e. The molecule has 0 aliphatic heterocycles. The molecule has 1 N–H and O–H groups in total. The van der Waals surface area contributed by atoms with Crippen LogP contribution in [0.4, 0.5) is 0 Å². The van der Waals surface area contributed by atoms with Crippen molar-refractivity contribution < 1.29 is 14.3 Å². The van der Waals surface area contributed by atoms with Crippen molar-refractivity contribution in [3.8, 4) is 0 Å². The lowest BCUT2D eigenvalue weighted by Gasteiger charge is -2.08. The molecular formula is C14H18ClNO3. The van der Waals surface area contributed by atoms with E-state index in [0.29, 0.717) is 13.0 Å². The fourth-order valence-electron chi connectivity index (χ4n) is 1.64. The van der Waals surface area contributed by atoms with E-state index in [2.05, 4.69) is 10.1 Å². The van der Waals surface area contributed by atoms with E-state index in [1.165, 1.54) is 14.0 Å². The number of hydrogen-bond donors (Lipinski definition) is 1. The van der Waals surface area contributed by atoms with Crippen molar-refractivity contribution in [3.63, 3.8) is 0 Å². The highest BCUT2D eigenvalue weighted by molar-refractivity contribution is 6.30. The number of carbonyl (C=O) groups is 2. The summed E-state index contributed by atoms with van der Waals surface area (Å²) in [4.78, 5) is 21.9. The number of alkyl halides is 1. The fourth-order valence-corrected chi connectivity index (χ4v) is 1.91. The molecule has 0 fully saturated rings. The van der Waals surface area contributed by atoms with Gasteiger partial charge >= 0.3 is 5.97 Å². The molecule has 0 bridgehead atoms. The highest BCUT2D eigenvalue weighted by Gasteiger charge is 2.15. The molecule has 0 saturated heterocycles. The summed E-state index contributed by atoms with van der Waals surface area (Å²) in [5.41, 5.74) is 2.11. The number of carbonyl (C=O) groups excluding carboxylic acids is 2. The number of ether oxygens (including phenoxy) is 1. The van der Waals surface area contributed by atoms with Crippen molar-refractivity contribution in [2.24, 2.45) is 0 Å². The average molecular weight is 284 g/mol. The largest absolute Gasteiger partial charge is 0.468 e. The molecule has 5 heteroatoms. The number of hydrogen-bond acceptors (Lipinski definition) is 3. The zero-order chi connectivity index (χ0) is 14.3. The Morgan fingerprint density at radius 1 is 1.26 bits per heavy atom. The van der Waals surface area contributed by atoms with E-state index >= 15 is 0 Å². The first kappa shape index (κ1) is 15.5. The monoisotopic (exact) mass is 283 g/mol. The van der Waals surface area contributed by atoms with Gasteiger partial charge in [0.25, 0.3) is 0 Å². The molecule has 19 heavy (non-hydrogen) atoms. The van der Waals surface area contributed by atoms with E-state index in [0.717, 1.165) is 17.5 Å². The number of amides is 1. The van der Waals surface area contributed by atoms with Crippen LogP contribution in [-0.2, 0) is 27.2 Å². The standard InChI is InChI=1S/C14H18ClNO3/c1-10(17)16-8-7-11-3-5-12(6-4-11)9-13(15)14(18)19-2/h3-6,13H,7-9H2,1-2H3,(H,16,17). The molecule has 0 spiro atoms. The molecular weight excluding hydrogens is 266 g/mol. The van der Waals surface area contributed by atoms with Gasteiger partial charge in [-0.3, -0.25) is 9.59 Å². The number of rotatable bonds is 6. The zero-order valence-corrected chi connectivity index (χ0v) is 11.9. The van der Waals surface area contributed by atoms with E-state index in [1.807, 2.05) is 24.3 Å². The zero-order valence-electron chi connectivity index (χ0n) is 11.1. The molecule has 0 radical (unpaired) electrons. The summed E-state index contributed by atoms with van der Waals surface area (Å²) in [5, 5.41) is 2.08. The highest BCUT2D eigenvalue weighted by Crippen LogP contribution is 2.11. The Morgan fingerprint density at radius 3 is 2.37 bits per heavy atom. The first-order valence-corrected chi connectivity index (χ1v) is 6.50. The van der Waals surface area contributed by atoms with Gasteiger partial charge in [0, 0.05) is 13.5 Å². The van der Waals surface area contributed by atoms with Crippen LogP contribution in [-0.4, -0.2) is 30.9 Å². The second-order valence-electron chi connectivity index (χ2n) is 4.24. The Bertz CT molecular complexity index is 431. The van der Waals surface area contributed by atoms with Crippen molar-refractivity contribution in [3.05, 3.63) is 35.4 Å². The summed E-state index contributed by atoms with van der Waals surface area (Å²) in [6, 6.07) is 7.80. The Hall–Kier alpha value is -1.55. The number of methoxy groups -OCH3 is 1. The molecule has 1 amide bonds. The third kappa shape index (κ3) is 5.75. The first-order valence-electron chi connectivity index (χ1n) is 6.07. The van der Waals surface area contributed by atoms with E-state index in [-0.39, 0.29) is 5.91 Å². The lowest BCUT2D eigenvalue weighted by molar-refractivity contribution is -0.140. The van der Waals surface area contributed by atoms with Crippen LogP contribution in [0.2, 0.25) is 0 Å². The smallest absolute Gasteiger partial charge is 0.324 e. The van der Waals surface area contributed by atoms with Crippen LogP contribution in [0, 0.1) is 0 Å². The molecule has 1 unspecified atom stereocenters. The van der Waals surface area contributed by atoms with Crippen molar-refractivity contribution in [1.82, 2.24) is 5.32 Å². The van der Waals surface area contributed by atoms with Gasteiger partial charge in [-0.25, -0.2) is 0 Å². The summed E-state index contributed by atoms with van der Waals surface area (Å²) >= 11 is 5.90. The van der Waals surface area contributed by atoms with Crippen molar-refractivity contribution in [2.45, 2.75) is 25.1 Å². The Labute approximate surface area is 118 Å². The molecule has 1 atom stereocenters. The maximum Gasteiger partial charge on any atom is 0.324 e. The maximum atomic E-state index is 11.2. The summed E-state index contributed by atoms with van der Waals surface area (Å²) in [7, 11) is 1.32. The van der Waals surface area contributed by atoms with Gasteiger partial charge in [0.2, 0.25) is 5.91 Å². The van der Waals surface area contributed by atoms with Crippen LogP contribution in [0.5, 0.6) is 0 Å². The number of esters is 1. The summed E-state index contributed by atoms with van der Waals surface area (Å²) in [5.74, 6) is -0.448. The Kier molecular flexibility index (Phi) is 6.36. The van der Waals surface area contributed by atoms with Gasteiger partial charge < -0.3 is 10.1 Å². The van der Waals surface area contributed by atoms with E-state index in [9.17, 15) is 9.59 Å². The number of halogens is 1. The SMILES string of the molecule is COC(=O)C(Cl)Cc1ccc(CCNC(C)=O)cc1. The van der Waals surface area contributed by atoms with Crippen LogP contribution < -0.4 is 5.32 Å². The number of benzene rings is 1. The summed E-state index contributed by atoms with van der Waals surface area (Å²) < 4.78 is 4.57. The minimum absolute atomic E-state index is 0.0281. The van der Waals surface area contributed by atoms with Gasteiger partial charge in [-0.15, -0.1) is 11.6 Å². The highest BCUT2D eigenvalue weighted by atomic mass is 35.5. The third-order valence-electron chi connectivity index (χ3n) is 2.68. The van der Waals surface area contributed by atoms with E-state index in [4.69, 9.17) is 11.6 Å². The van der Waals surface area contributed by atoms with Crippen LogP contribution in [0.1, 0.15) is 18.1 Å². The second kappa shape index (κ2) is 7.79. The molecule has 1 aromatic rings. The normalized spacial score (nSPS) is 11.7. The van der Waals surface area contributed by atoms with Gasteiger partial charge in [-0.2, -0.15) is 0 Å². The lowest BCUT2D eigenvalue weighted by atomic mass is 10.1. The first-order chi connectivity index (χ1) is 9.02. The molecule has 1 aromatic carbocycles. The second-order valence-corrected chi connectivity index (χ2v) is 4.77. The fraction of sp³-hybridized carbons (Fsp3) is 0.429. The maximum absolute atomic E-state index is 11.2. The molecule has 4 nitrogen and oxygen atoms in total. The third-order valence-corrected chi connectivity index (χ3v) is 3.01. The number of nitrogens with one attached hydrogen (secondary N) is 1. The van der Waals surface area contributed by atoms with Crippen LogP contribution >= 0.6 is 11.6 Å². The molecule has 0 aliphatic carbocycles. The van der Waals surface area contributed by atoms with E-state index < -0.39 is 11.3 Å². The van der Waals surface area contributed by atoms with Gasteiger partial charge in [-0.05, 0) is 24.0 Å². The van der Waals surface area contributed by atoms with Gasteiger partial charge in [0.15, 0.2) is 0 Å². The predicted molar refractivity (Wildman–Crippen MR) is 74.2 cm³/mol. The Morgan fingerprint density at radius 2 is 1.84 bits per heavy atom. The van der Waals surface area contributed by atoms with Gasteiger partial charge in [0.05, 0.1) is 7.11 Å². The minimum atomic E-state index is -0.657. The van der Waals surface area contributed by atoms with Crippen molar-refractivity contribution in [2.75, 3.05) is 13.7 Å². The molecule has 1 rings (SSSR count). The lowest BCUT2D eigenvalue weighted by Crippen LogP contribution is -2.22.